The first-order valence-corrected chi connectivity index (χ1v) is 24.3. The summed E-state index contributed by atoms with van der Waals surface area (Å²) in [6, 6.07) is 21.7. The molecule has 0 aliphatic heterocycles. The maximum atomic E-state index is 14.1. The molecule has 0 unspecified atom stereocenters. The Bertz CT molecular complexity index is 3160. The van der Waals surface area contributed by atoms with Gasteiger partial charge in [0.2, 0.25) is 0 Å². The van der Waals surface area contributed by atoms with Gasteiger partial charge in [-0.25, -0.2) is 0 Å². The lowest BCUT2D eigenvalue weighted by molar-refractivity contribution is -0.138. The minimum atomic E-state index is -4.63. The van der Waals surface area contributed by atoms with E-state index in [1.165, 1.54) is 12.1 Å². The van der Waals surface area contributed by atoms with Crippen LogP contribution in [0.4, 0.5) is 37.7 Å². The molecule has 0 fully saturated rings. The first-order valence-electron chi connectivity index (χ1n) is 24.3. The average molecular weight is 961 g/mol. The van der Waals surface area contributed by atoms with E-state index in [2.05, 4.69) is 132 Å². The third-order valence-electron chi connectivity index (χ3n) is 12.0. The van der Waals surface area contributed by atoms with Gasteiger partial charge in [0.25, 0.3) is 0 Å². The van der Waals surface area contributed by atoms with E-state index in [9.17, 15) is 26.3 Å². The zero-order chi connectivity index (χ0) is 51.1. The Balaban J connectivity index is 1.51. The fraction of sp³-hybridized carbons (Fsp3) is 0.281. The van der Waals surface area contributed by atoms with Gasteiger partial charge < -0.3 is 9.80 Å². The van der Waals surface area contributed by atoms with E-state index in [0.29, 0.717) is 44.5 Å². The molecule has 8 heteroatoms. The first kappa shape index (κ1) is 51.6. The SMILES string of the molecule is CCCCN(CCCC)c1ccc2c(c1)C#CC#Cc1cc(C(F)(F)F)ccc1C#Cc1cc(c3cc1C#Cc1ccc(N(CCCC)CCCC)cc1C#CC#Cc1cc(C(F)(F)F)ccc1C#C3)C#C2. The number of anilines is 2. The van der Waals surface area contributed by atoms with Crippen molar-refractivity contribution < 1.29 is 26.3 Å². The van der Waals surface area contributed by atoms with Gasteiger partial charge in [-0.05, 0) is 134 Å². The van der Waals surface area contributed by atoms with Crippen LogP contribution in [-0.2, 0) is 12.4 Å². The first-order chi connectivity index (χ1) is 34.8. The van der Waals surface area contributed by atoms with Gasteiger partial charge in [0.05, 0.1) is 11.1 Å². The molecule has 358 valence electrons. The lowest BCUT2D eigenvalue weighted by Gasteiger charge is -2.25. The molecule has 4 bridgehead atoms. The number of alkyl halides is 6. The molecule has 2 nitrogen and oxygen atoms in total. The topological polar surface area (TPSA) is 6.48 Å². The Morgan fingerprint density at radius 3 is 0.833 bits per heavy atom. The largest absolute Gasteiger partial charge is 0.416 e. The lowest BCUT2D eigenvalue weighted by atomic mass is 9.96. The van der Waals surface area contributed by atoms with Crippen LogP contribution in [0.15, 0.2) is 84.9 Å². The van der Waals surface area contributed by atoms with E-state index >= 15 is 0 Å². The highest BCUT2D eigenvalue weighted by molar-refractivity contribution is 5.69. The van der Waals surface area contributed by atoms with Gasteiger partial charge in [0.1, 0.15) is 0 Å². The van der Waals surface area contributed by atoms with E-state index in [1.54, 1.807) is 12.1 Å². The van der Waals surface area contributed by atoms with Gasteiger partial charge in [0, 0.05) is 104 Å². The van der Waals surface area contributed by atoms with Crippen LogP contribution in [0.25, 0.3) is 0 Å². The van der Waals surface area contributed by atoms with Gasteiger partial charge in [-0.15, -0.1) is 0 Å². The zero-order valence-corrected chi connectivity index (χ0v) is 40.7. The highest BCUT2D eigenvalue weighted by atomic mass is 19.4. The van der Waals surface area contributed by atoms with Crippen molar-refractivity contribution in [3.63, 3.8) is 0 Å². The standard InChI is InChI=1S/C64H50F6N2/c1-5-9-37-71(38-10-6-2)61-35-31-49-23-27-57-41-56(26-22-47-29-33-59(63(65,66)67)43-51(47)17-13-15-19-53(49)45-61)58-28-24-50-32-36-62(72(39-11-7-3)40-12-8-4)46-54(50)20-16-14-18-52-44-60(64(68,69)70)34-30-48(52)21-25-55(57)42-58/h29-36,41-46H,5-12,37-40H2,1-4H3. The molecular formula is C64H50F6N2. The Labute approximate surface area is 421 Å². The fourth-order valence-electron chi connectivity index (χ4n) is 7.83. The molecule has 7 rings (SSSR count). The molecule has 0 saturated carbocycles. The fourth-order valence-corrected chi connectivity index (χ4v) is 7.83. The Morgan fingerprint density at radius 1 is 0.306 bits per heavy atom. The summed E-state index contributed by atoms with van der Waals surface area (Å²) in [6.07, 6.45) is -1.24. The third kappa shape index (κ3) is 13.5. The normalized spacial score (nSPS) is 11.6. The summed E-state index contributed by atoms with van der Waals surface area (Å²) in [7, 11) is 0. The Morgan fingerprint density at radius 2 is 0.556 bits per heavy atom. The van der Waals surface area contributed by atoms with E-state index < -0.39 is 23.5 Å². The van der Waals surface area contributed by atoms with Gasteiger partial charge >= 0.3 is 12.4 Å². The molecule has 0 heterocycles. The molecule has 0 saturated heterocycles. The highest BCUT2D eigenvalue weighted by Gasteiger charge is 2.32. The van der Waals surface area contributed by atoms with Gasteiger partial charge in [-0.3, -0.25) is 0 Å². The van der Waals surface area contributed by atoms with Crippen molar-refractivity contribution in [1.29, 1.82) is 0 Å². The van der Waals surface area contributed by atoms with Crippen molar-refractivity contribution in [2.75, 3.05) is 36.0 Å². The smallest absolute Gasteiger partial charge is 0.372 e. The molecule has 72 heavy (non-hydrogen) atoms. The second kappa shape index (κ2) is 24.1. The summed E-state index contributed by atoms with van der Waals surface area (Å²) in [5, 5.41) is 0. The molecule has 0 atom stereocenters. The number of nitrogens with zero attached hydrogens (tertiary/aromatic N) is 2. The van der Waals surface area contributed by atoms with Crippen LogP contribution in [0.1, 0.15) is 157 Å². The monoisotopic (exact) mass is 960 g/mol. The minimum Gasteiger partial charge on any atom is -0.372 e. The van der Waals surface area contributed by atoms with Crippen molar-refractivity contribution in [2.45, 2.75) is 91.4 Å². The maximum Gasteiger partial charge on any atom is 0.416 e. The molecule has 5 aromatic rings. The van der Waals surface area contributed by atoms with Crippen molar-refractivity contribution in [3.05, 3.63) is 163 Å². The van der Waals surface area contributed by atoms with E-state index in [0.717, 1.165) is 113 Å². The Kier molecular flexibility index (Phi) is 17.2. The number of rotatable bonds is 14. The molecule has 0 radical (unpaired) electrons. The quantitative estimate of drug-likeness (QED) is 0.0808. The van der Waals surface area contributed by atoms with Gasteiger partial charge in [0.15, 0.2) is 0 Å². The molecule has 0 spiro atoms. The van der Waals surface area contributed by atoms with Crippen molar-refractivity contribution in [2.24, 2.45) is 0 Å². The van der Waals surface area contributed by atoms with Crippen molar-refractivity contribution in [3.8, 4) is 94.7 Å². The predicted molar refractivity (Wildman–Crippen MR) is 278 cm³/mol. The number of fused-ring (bicyclic) bond motifs is 10. The third-order valence-corrected chi connectivity index (χ3v) is 12.0. The van der Waals surface area contributed by atoms with E-state index in [4.69, 9.17) is 0 Å². The van der Waals surface area contributed by atoms with Crippen molar-refractivity contribution >= 4 is 11.4 Å². The highest BCUT2D eigenvalue weighted by Crippen LogP contribution is 2.32. The molecule has 0 amide bonds. The van der Waals surface area contributed by atoms with Gasteiger partial charge in [-0.2, -0.15) is 26.3 Å². The average Bonchev–Trinajstić information content (AvgIpc) is 3.37. The lowest BCUT2D eigenvalue weighted by Crippen LogP contribution is -2.25. The molecular weight excluding hydrogens is 911 g/mol. The van der Waals surface area contributed by atoms with E-state index in [-0.39, 0.29) is 22.3 Å². The van der Waals surface area contributed by atoms with Gasteiger partial charge in [-0.1, -0.05) is 124 Å². The van der Waals surface area contributed by atoms with Crippen LogP contribution in [0.2, 0.25) is 0 Å². The summed E-state index contributed by atoms with van der Waals surface area (Å²) in [5.74, 6) is 48.9. The Hall–Kier alpha value is -8.24. The molecule has 5 aromatic carbocycles. The van der Waals surface area contributed by atoms with Crippen LogP contribution >= 0.6 is 0 Å². The number of halogens is 6. The molecule has 2 aliphatic carbocycles. The predicted octanol–water partition coefficient (Wildman–Crippen LogP) is 13.6. The van der Waals surface area contributed by atoms with Crippen molar-refractivity contribution in [1.82, 2.24) is 0 Å². The summed E-state index contributed by atoms with van der Waals surface area (Å²) >= 11 is 0. The second-order valence-corrected chi connectivity index (χ2v) is 17.3. The zero-order valence-electron chi connectivity index (χ0n) is 40.7. The van der Waals surface area contributed by atoms with Crippen LogP contribution in [0, 0.1) is 94.7 Å². The maximum absolute atomic E-state index is 14.1. The number of benzene rings is 5. The summed E-state index contributed by atoms with van der Waals surface area (Å²) in [5.41, 5.74) is 4.64. The molecule has 0 N–H and O–H groups in total. The molecule has 2 aliphatic rings. The summed E-state index contributed by atoms with van der Waals surface area (Å²) in [4.78, 5) is 4.63. The van der Waals surface area contributed by atoms with E-state index in [1.807, 2.05) is 36.4 Å². The van der Waals surface area contributed by atoms with Crippen LogP contribution in [0.5, 0.6) is 0 Å². The number of unbranched alkanes of at least 4 members (excludes halogenated alkanes) is 4. The number of hydrogen-bond acceptors (Lipinski definition) is 2. The van der Waals surface area contributed by atoms with Crippen LogP contribution in [-0.4, -0.2) is 26.2 Å². The van der Waals surface area contributed by atoms with Crippen LogP contribution < -0.4 is 9.80 Å². The summed E-state index contributed by atoms with van der Waals surface area (Å²) in [6.45, 7) is 11.9. The molecule has 0 aromatic heterocycles. The van der Waals surface area contributed by atoms with Crippen LogP contribution in [0.3, 0.4) is 0 Å². The summed E-state index contributed by atoms with van der Waals surface area (Å²) < 4.78 is 84.7. The minimum absolute atomic E-state index is 0.0441. The number of hydrogen-bond donors (Lipinski definition) is 0. The second-order valence-electron chi connectivity index (χ2n) is 17.3.